The predicted octanol–water partition coefficient (Wildman–Crippen LogP) is 4.66. The minimum absolute atomic E-state index is 0.0719. The average molecular weight is 551 g/mol. The van der Waals surface area contributed by atoms with Crippen molar-refractivity contribution in [2.45, 2.75) is 32.1 Å². The topological polar surface area (TPSA) is 122 Å². The molecule has 41 heavy (non-hydrogen) atoms. The number of para-hydroxylation sites is 1. The number of benzene rings is 3. The number of nitrogens with zero attached hydrogens (tertiary/aromatic N) is 1. The minimum atomic E-state index is -0.600. The molecule has 3 aromatic carbocycles. The van der Waals surface area contributed by atoms with E-state index in [9.17, 15) is 14.4 Å². The van der Waals surface area contributed by atoms with Gasteiger partial charge in [0.2, 0.25) is 0 Å². The summed E-state index contributed by atoms with van der Waals surface area (Å²) >= 11 is 0. The smallest absolute Gasteiger partial charge is 0.305 e. The van der Waals surface area contributed by atoms with Gasteiger partial charge in [-0.05, 0) is 43.0 Å². The van der Waals surface area contributed by atoms with Crippen molar-refractivity contribution in [3.8, 4) is 5.75 Å². The highest BCUT2D eigenvalue weighted by Crippen LogP contribution is 2.30. The molecule has 0 aliphatic heterocycles. The Labute approximate surface area is 237 Å². The number of aryl methyl sites for hydroxylation is 1. The van der Waals surface area contributed by atoms with Crippen LogP contribution in [0.15, 0.2) is 94.4 Å². The maximum absolute atomic E-state index is 13.5. The summed E-state index contributed by atoms with van der Waals surface area (Å²) in [7, 11) is 1.46. The van der Waals surface area contributed by atoms with Crippen molar-refractivity contribution in [3.63, 3.8) is 0 Å². The molecule has 9 heteroatoms. The van der Waals surface area contributed by atoms with E-state index < -0.39 is 17.7 Å². The van der Waals surface area contributed by atoms with E-state index in [1.807, 2.05) is 60.7 Å². The Morgan fingerprint density at radius 2 is 1.44 bits per heavy atom. The van der Waals surface area contributed by atoms with E-state index in [0.29, 0.717) is 41.2 Å². The van der Waals surface area contributed by atoms with Gasteiger partial charge in [0, 0.05) is 17.5 Å². The molecule has 0 fully saturated rings. The minimum Gasteiger partial charge on any atom is -0.496 e. The fourth-order valence-corrected chi connectivity index (χ4v) is 5.04. The molecule has 3 N–H and O–H groups in total. The molecular formula is C32H30N4O5. The van der Waals surface area contributed by atoms with Crippen LogP contribution in [-0.4, -0.2) is 30.5 Å². The Morgan fingerprint density at radius 1 is 0.829 bits per heavy atom. The fraction of sp³-hybridized carbons (Fsp3) is 0.188. The van der Waals surface area contributed by atoms with Gasteiger partial charge in [0.05, 0.1) is 24.3 Å². The molecule has 1 aromatic heterocycles. The SMILES string of the molecule is COc1ccccc1C(=O)NNC(=O)c1oc2c(c1C)/C(=N/NC(=O)C(c1ccccc1)c1ccccc1)CCC2. The summed E-state index contributed by atoms with van der Waals surface area (Å²) in [5, 5.41) is 4.50. The molecule has 0 atom stereocenters. The zero-order valence-electron chi connectivity index (χ0n) is 22.8. The second-order valence-electron chi connectivity index (χ2n) is 9.61. The van der Waals surface area contributed by atoms with E-state index in [-0.39, 0.29) is 17.2 Å². The second-order valence-corrected chi connectivity index (χ2v) is 9.61. The Balaban J connectivity index is 1.34. The van der Waals surface area contributed by atoms with Crippen LogP contribution >= 0.6 is 0 Å². The maximum atomic E-state index is 13.5. The molecule has 208 valence electrons. The third-order valence-corrected chi connectivity index (χ3v) is 7.00. The summed E-state index contributed by atoms with van der Waals surface area (Å²) in [4.78, 5) is 39.0. The van der Waals surface area contributed by atoms with Gasteiger partial charge in [0.25, 0.3) is 11.8 Å². The van der Waals surface area contributed by atoms with Gasteiger partial charge in [-0.25, -0.2) is 5.43 Å². The lowest BCUT2D eigenvalue weighted by molar-refractivity contribution is -0.121. The van der Waals surface area contributed by atoms with Gasteiger partial charge in [0.1, 0.15) is 11.5 Å². The average Bonchev–Trinajstić information content (AvgIpc) is 3.36. The maximum Gasteiger partial charge on any atom is 0.305 e. The van der Waals surface area contributed by atoms with E-state index in [1.54, 1.807) is 31.2 Å². The van der Waals surface area contributed by atoms with Crippen LogP contribution in [-0.2, 0) is 11.2 Å². The van der Waals surface area contributed by atoms with E-state index in [1.165, 1.54) is 7.11 Å². The molecule has 1 heterocycles. The number of hydrazine groups is 1. The molecule has 5 rings (SSSR count). The lowest BCUT2D eigenvalue weighted by Gasteiger charge is -2.18. The van der Waals surface area contributed by atoms with Crippen molar-refractivity contribution in [2.75, 3.05) is 7.11 Å². The number of ether oxygens (including phenoxy) is 1. The van der Waals surface area contributed by atoms with Crippen LogP contribution in [0.1, 0.15) is 67.7 Å². The number of furan rings is 1. The largest absolute Gasteiger partial charge is 0.496 e. The molecule has 4 aromatic rings. The quantitative estimate of drug-likeness (QED) is 0.289. The summed E-state index contributed by atoms with van der Waals surface area (Å²) < 4.78 is 11.1. The number of rotatable bonds is 7. The number of hydrazone groups is 1. The van der Waals surface area contributed by atoms with Gasteiger partial charge < -0.3 is 9.15 Å². The lowest BCUT2D eigenvalue weighted by Crippen LogP contribution is -2.41. The molecule has 1 aliphatic rings. The predicted molar refractivity (Wildman–Crippen MR) is 154 cm³/mol. The van der Waals surface area contributed by atoms with Crippen molar-refractivity contribution in [3.05, 3.63) is 124 Å². The van der Waals surface area contributed by atoms with Gasteiger partial charge in [-0.1, -0.05) is 72.8 Å². The molecule has 0 spiro atoms. The first kappa shape index (κ1) is 27.4. The van der Waals surface area contributed by atoms with Crippen molar-refractivity contribution >= 4 is 23.4 Å². The second kappa shape index (κ2) is 12.3. The Bertz CT molecular complexity index is 1560. The molecule has 0 saturated heterocycles. The van der Waals surface area contributed by atoms with Crippen LogP contribution in [0.25, 0.3) is 0 Å². The molecule has 0 saturated carbocycles. The molecule has 1 aliphatic carbocycles. The number of fused-ring (bicyclic) bond motifs is 1. The van der Waals surface area contributed by atoms with Gasteiger partial charge in [0.15, 0.2) is 5.76 Å². The Hall–Kier alpha value is -5.18. The first-order valence-electron chi connectivity index (χ1n) is 13.3. The van der Waals surface area contributed by atoms with Crippen molar-refractivity contribution in [1.29, 1.82) is 0 Å². The first-order chi connectivity index (χ1) is 20.0. The van der Waals surface area contributed by atoms with Gasteiger partial charge in [-0.3, -0.25) is 25.2 Å². The van der Waals surface area contributed by atoms with Gasteiger partial charge in [-0.15, -0.1) is 0 Å². The fourth-order valence-electron chi connectivity index (χ4n) is 5.04. The highest BCUT2D eigenvalue weighted by molar-refractivity contribution is 6.07. The van der Waals surface area contributed by atoms with Crippen LogP contribution < -0.4 is 21.0 Å². The number of carbonyl (C=O) groups is 3. The highest BCUT2D eigenvalue weighted by Gasteiger charge is 2.29. The molecule has 0 unspecified atom stereocenters. The number of carbonyl (C=O) groups excluding carboxylic acids is 3. The molecule has 0 bridgehead atoms. The van der Waals surface area contributed by atoms with Crippen molar-refractivity contribution < 1.29 is 23.5 Å². The van der Waals surface area contributed by atoms with E-state index in [4.69, 9.17) is 9.15 Å². The number of hydrogen-bond acceptors (Lipinski definition) is 6. The van der Waals surface area contributed by atoms with Gasteiger partial charge >= 0.3 is 5.91 Å². The van der Waals surface area contributed by atoms with Crippen LogP contribution in [0.3, 0.4) is 0 Å². The van der Waals surface area contributed by atoms with Crippen molar-refractivity contribution in [2.24, 2.45) is 5.10 Å². The monoisotopic (exact) mass is 550 g/mol. The molecule has 3 amide bonds. The zero-order chi connectivity index (χ0) is 28.8. The molecular weight excluding hydrogens is 520 g/mol. The number of nitrogens with one attached hydrogen (secondary N) is 3. The lowest BCUT2D eigenvalue weighted by atomic mass is 9.90. The number of hydrogen-bond donors (Lipinski definition) is 3. The third-order valence-electron chi connectivity index (χ3n) is 7.00. The summed E-state index contributed by atoms with van der Waals surface area (Å²) in [6.45, 7) is 1.76. The van der Waals surface area contributed by atoms with Gasteiger partial charge in [-0.2, -0.15) is 5.10 Å². The standard InChI is InChI=1S/C32H30N4O5/c1-20-27-24(33-35-31(38)28(21-12-5-3-6-13-21)22-14-7-4-8-15-22)17-11-19-26(27)41-29(20)32(39)36-34-30(37)23-16-9-10-18-25(23)40-2/h3-10,12-16,18,28H,11,17,19H2,1-2H3,(H,34,37)(H,35,38)(H,36,39)/b33-24+. The summed E-state index contributed by atoms with van der Waals surface area (Å²) in [6, 6.07) is 25.8. The normalized spacial score (nSPS) is 13.4. The highest BCUT2D eigenvalue weighted by atomic mass is 16.5. The summed E-state index contributed by atoms with van der Waals surface area (Å²) in [5.41, 5.74) is 11.5. The number of amides is 3. The summed E-state index contributed by atoms with van der Waals surface area (Å²) in [6.07, 6.45) is 1.99. The van der Waals surface area contributed by atoms with Crippen molar-refractivity contribution in [1.82, 2.24) is 16.3 Å². The molecule has 0 radical (unpaired) electrons. The van der Waals surface area contributed by atoms with Crippen LogP contribution in [0.2, 0.25) is 0 Å². The van der Waals surface area contributed by atoms with E-state index >= 15 is 0 Å². The molecule has 9 nitrogen and oxygen atoms in total. The Morgan fingerprint density at radius 3 is 2.10 bits per heavy atom. The van der Waals surface area contributed by atoms with Crippen LogP contribution in [0.5, 0.6) is 5.75 Å². The summed E-state index contributed by atoms with van der Waals surface area (Å²) in [5.74, 6) is -0.858. The zero-order valence-corrected chi connectivity index (χ0v) is 22.8. The Kier molecular flexibility index (Phi) is 8.24. The van der Waals surface area contributed by atoms with E-state index in [2.05, 4.69) is 21.4 Å². The van der Waals surface area contributed by atoms with Crippen LogP contribution in [0.4, 0.5) is 0 Å². The van der Waals surface area contributed by atoms with E-state index in [0.717, 1.165) is 17.5 Å². The number of methoxy groups -OCH3 is 1. The third kappa shape index (κ3) is 5.89. The first-order valence-corrected chi connectivity index (χ1v) is 13.3. The van der Waals surface area contributed by atoms with Crippen LogP contribution in [0, 0.1) is 6.92 Å².